The van der Waals surface area contributed by atoms with Crippen molar-refractivity contribution in [3.05, 3.63) is 34.7 Å². The summed E-state index contributed by atoms with van der Waals surface area (Å²) in [5.41, 5.74) is 4.99. The summed E-state index contributed by atoms with van der Waals surface area (Å²) in [6, 6.07) is 5.16. The third-order valence-electron chi connectivity index (χ3n) is 1.76. The molecule has 0 spiro atoms. The van der Waals surface area contributed by atoms with Gasteiger partial charge in [-0.3, -0.25) is 5.43 Å². The highest BCUT2D eigenvalue weighted by molar-refractivity contribution is 5.84. The van der Waals surface area contributed by atoms with Crippen LogP contribution in [0.2, 0.25) is 0 Å². The lowest BCUT2D eigenvalue weighted by atomic mass is 10.1. The monoisotopic (exact) mass is 173 g/mol. The fraction of sp³-hybridized carbons (Fsp3) is 0. The van der Waals surface area contributed by atoms with Crippen molar-refractivity contribution >= 4 is 23.7 Å². The molecule has 0 saturated heterocycles. The topological polar surface area (TPSA) is 53.8 Å². The highest BCUT2D eigenvalue weighted by atomic mass is 16.3. The van der Waals surface area contributed by atoms with E-state index in [1.165, 1.54) is 0 Å². The maximum Gasteiger partial charge on any atom is 0.110 e. The molecule has 13 heavy (non-hydrogen) atoms. The van der Waals surface area contributed by atoms with Gasteiger partial charge in [-0.2, -0.15) is 5.10 Å². The molecule has 4 heteroatoms. The summed E-state index contributed by atoms with van der Waals surface area (Å²) in [6.45, 7) is 0. The van der Waals surface area contributed by atoms with E-state index in [1.807, 2.05) is 18.2 Å². The summed E-state index contributed by atoms with van der Waals surface area (Å²) in [7, 11) is 0. The Kier molecular flexibility index (Phi) is 1.88. The van der Waals surface area contributed by atoms with E-state index in [2.05, 4.69) is 15.7 Å². The lowest BCUT2D eigenvalue weighted by molar-refractivity contribution is 1.35. The quantitative estimate of drug-likeness (QED) is 0.663. The first-order valence-electron chi connectivity index (χ1n) is 3.83. The van der Waals surface area contributed by atoms with Crippen molar-refractivity contribution < 1.29 is 0 Å². The zero-order valence-corrected chi connectivity index (χ0v) is 6.77. The number of benzene rings is 1. The molecule has 2 rings (SSSR count). The third kappa shape index (κ3) is 1.46. The van der Waals surface area contributed by atoms with Crippen LogP contribution in [0.15, 0.2) is 34.6 Å². The second kappa shape index (κ2) is 3.18. The van der Waals surface area contributed by atoms with E-state index < -0.39 is 0 Å². The van der Waals surface area contributed by atoms with Crippen molar-refractivity contribution in [2.45, 2.75) is 0 Å². The molecule has 64 valence electrons. The predicted molar refractivity (Wildman–Crippen MR) is 53.0 cm³/mol. The van der Waals surface area contributed by atoms with E-state index in [9.17, 15) is 4.91 Å². The van der Waals surface area contributed by atoms with Crippen LogP contribution in [-0.4, -0.2) is 6.21 Å². The van der Waals surface area contributed by atoms with Gasteiger partial charge in [0, 0.05) is 6.21 Å². The molecule has 0 amide bonds. The number of nitroso groups, excluding NO2 is 1. The van der Waals surface area contributed by atoms with Crippen LogP contribution in [0.4, 0.5) is 11.4 Å². The zero-order valence-electron chi connectivity index (χ0n) is 6.77. The molecule has 1 heterocycles. The molecule has 0 bridgehead atoms. The molecular weight excluding hydrogens is 166 g/mol. The largest absolute Gasteiger partial charge is 0.278 e. The molecule has 0 aromatic heterocycles. The number of rotatable bonds is 1. The minimum absolute atomic E-state index is 0.400. The number of hydrogen-bond acceptors (Lipinski definition) is 4. The van der Waals surface area contributed by atoms with Crippen LogP contribution in [0.25, 0.3) is 6.08 Å². The molecule has 1 aliphatic rings. The standard InChI is InChI=1S/C9H7N3O/c13-12-8-4-3-7-2-1-5-10-11-9(7)6-8/h1-6,11H. The van der Waals surface area contributed by atoms with Gasteiger partial charge in [-0.05, 0) is 28.9 Å². The lowest BCUT2D eigenvalue weighted by Crippen LogP contribution is -1.88. The van der Waals surface area contributed by atoms with Crippen LogP contribution in [0.3, 0.4) is 0 Å². The fourth-order valence-corrected chi connectivity index (χ4v) is 1.14. The number of hydrogen-bond donors (Lipinski definition) is 1. The normalized spacial score (nSPS) is 12.9. The Labute approximate surface area is 74.9 Å². The average molecular weight is 173 g/mol. The van der Waals surface area contributed by atoms with Gasteiger partial charge in [-0.25, -0.2) is 0 Å². The summed E-state index contributed by atoms with van der Waals surface area (Å²) in [6.07, 6.45) is 5.38. The molecule has 1 aromatic carbocycles. The first-order chi connectivity index (χ1) is 6.40. The van der Waals surface area contributed by atoms with Gasteiger partial charge in [0.25, 0.3) is 0 Å². The molecule has 4 nitrogen and oxygen atoms in total. The maximum atomic E-state index is 10.2. The Balaban J connectivity index is 2.51. The third-order valence-corrected chi connectivity index (χ3v) is 1.76. The van der Waals surface area contributed by atoms with Crippen LogP contribution in [0, 0.1) is 4.91 Å². The molecule has 0 fully saturated rings. The minimum Gasteiger partial charge on any atom is -0.278 e. The number of fused-ring (bicyclic) bond motifs is 1. The van der Waals surface area contributed by atoms with Crippen molar-refractivity contribution in [2.75, 3.05) is 5.43 Å². The van der Waals surface area contributed by atoms with Crippen molar-refractivity contribution in [2.24, 2.45) is 10.3 Å². The smallest absolute Gasteiger partial charge is 0.110 e. The Morgan fingerprint density at radius 2 is 2.31 bits per heavy atom. The predicted octanol–water partition coefficient (Wildman–Crippen LogP) is 2.51. The van der Waals surface area contributed by atoms with Crippen molar-refractivity contribution in [1.29, 1.82) is 0 Å². The van der Waals surface area contributed by atoms with Gasteiger partial charge < -0.3 is 0 Å². The van der Waals surface area contributed by atoms with Gasteiger partial charge in [0.15, 0.2) is 0 Å². The average Bonchev–Trinajstić information content (AvgIpc) is 2.41. The lowest BCUT2D eigenvalue weighted by Gasteiger charge is -2.02. The van der Waals surface area contributed by atoms with Gasteiger partial charge in [0.2, 0.25) is 0 Å². The zero-order chi connectivity index (χ0) is 9.10. The van der Waals surface area contributed by atoms with Crippen molar-refractivity contribution in [3.63, 3.8) is 0 Å². The summed E-state index contributed by atoms with van der Waals surface area (Å²) in [5, 5.41) is 6.73. The van der Waals surface area contributed by atoms with Crippen LogP contribution >= 0.6 is 0 Å². The van der Waals surface area contributed by atoms with Gasteiger partial charge >= 0.3 is 0 Å². The van der Waals surface area contributed by atoms with Gasteiger partial charge in [-0.15, -0.1) is 4.91 Å². The van der Waals surface area contributed by atoms with E-state index in [0.29, 0.717) is 5.69 Å². The maximum absolute atomic E-state index is 10.2. The summed E-state index contributed by atoms with van der Waals surface area (Å²) < 4.78 is 0. The Morgan fingerprint density at radius 1 is 1.38 bits per heavy atom. The van der Waals surface area contributed by atoms with E-state index in [0.717, 1.165) is 11.3 Å². The minimum atomic E-state index is 0.400. The summed E-state index contributed by atoms with van der Waals surface area (Å²) >= 11 is 0. The molecule has 1 N–H and O–H groups in total. The molecule has 1 aromatic rings. The first kappa shape index (κ1) is 7.67. The molecule has 0 unspecified atom stereocenters. The molecule has 0 saturated carbocycles. The van der Waals surface area contributed by atoms with Crippen LogP contribution < -0.4 is 5.43 Å². The molecular formula is C9H7N3O. The molecule has 1 aliphatic heterocycles. The van der Waals surface area contributed by atoms with Gasteiger partial charge in [0.05, 0.1) is 5.69 Å². The summed E-state index contributed by atoms with van der Waals surface area (Å²) in [5.74, 6) is 0. The van der Waals surface area contributed by atoms with Crippen LogP contribution in [-0.2, 0) is 0 Å². The number of anilines is 1. The number of nitrogens with one attached hydrogen (secondary N) is 1. The fourth-order valence-electron chi connectivity index (χ4n) is 1.14. The number of hydrazone groups is 1. The van der Waals surface area contributed by atoms with Gasteiger partial charge in [-0.1, -0.05) is 12.1 Å². The first-order valence-corrected chi connectivity index (χ1v) is 3.83. The Hall–Kier alpha value is -1.97. The van der Waals surface area contributed by atoms with Gasteiger partial charge in [0.1, 0.15) is 5.69 Å². The number of nitrogens with zero attached hydrogens (tertiary/aromatic N) is 2. The summed E-state index contributed by atoms with van der Waals surface area (Å²) in [4.78, 5) is 10.2. The molecule has 0 aliphatic carbocycles. The van der Waals surface area contributed by atoms with E-state index in [-0.39, 0.29) is 0 Å². The second-order valence-corrected chi connectivity index (χ2v) is 2.61. The van der Waals surface area contributed by atoms with E-state index in [4.69, 9.17) is 0 Å². The van der Waals surface area contributed by atoms with Crippen molar-refractivity contribution in [3.8, 4) is 0 Å². The number of allylic oxidation sites excluding steroid dienone is 1. The highest BCUT2D eigenvalue weighted by Crippen LogP contribution is 2.24. The van der Waals surface area contributed by atoms with E-state index in [1.54, 1.807) is 18.3 Å². The Morgan fingerprint density at radius 3 is 3.15 bits per heavy atom. The Bertz CT molecular complexity index is 396. The van der Waals surface area contributed by atoms with Crippen LogP contribution in [0.1, 0.15) is 5.56 Å². The second-order valence-electron chi connectivity index (χ2n) is 2.61. The van der Waals surface area contributed by atoms with E-state index >= 15 is 0 Å². The van der Waals surface area contributed by atoms with Crippen LogP contribution in [0.5, 0.6) is 0 Å². The SMILES string of the molecule is O=Nc1ccc2c(c1)NN=CC=C2. The molecule has 0 radical (unpaired) electrons. The molecule has 0 atom stereocenters. The highest BCUT2D eigenvalue weighted by Gasteiger charge is 2.02. The van der Waals surface area contributed by atoms with Crippen molar-refractivity contribution in [1.82, 2.24) is 0 Å².